The van der Waals surface area contributed by atoms with Crippen molar-refractivity contribution in [2.75, 3.05) is 21.3 Å². The Morgan fingerprint density at radius 2 is 1.62 bits per heavy atom. The third kappa shape index (κ3) is 4.40. The Bertz CT molecular complexity index is 1040. The summed E-state index contributed by atoms with van der Waals surface area (Å²) in [5.41, 5.74) is 3.24. The molecule has 0 aromatic heterocycles. The van der Waals surface area contributed by atoms with Crippen molar-refractivity contribution in [1.82, 2.24) is 5.32 Å². The van der Waals surface area contributed by atoms with E-state index in [1.54, 1.807) is 21.3 Å². The molecule has 0 unspecified atom stereocenters. The van der Waals surface area contributed by atoms with E-state index >= 15 is 0 Å². The molecule has 7 heteroatoms. The maximum absolute atomic E-state index is 13.5. The molecule has 4 rings (SSSR count). The number of carbonyl (C=O) groups is 2. The number of benzene rings is 1. The van der Waals surface area contributed by atoms with Crippen LogP contribution >= 0.6 is 0 Å². The number of nitrogens with one attached hydrogen (secondary N) is 1. The molecule has 0 amide bonds. The van der Waals surface area contributed by atoms with Gasteiger partial charge in [0.1, 0.15) is 6.10 Å². The van der Waals surface area contributed by atoms with E-state index in [1.165, 1.54) is 0 Å². The SMILES string of the molecule is COc1cc([C@@H]2C(C(=O)OC3CCCC3)=C(C)NC3=C2C(=O)CC(C)(C)C3)cc(OC)c1OC. The highest BCUT2D eigenvalue weighted by Gasteiger charge is 2.44. The third-order valence-corrected chi connectivity index (χ3v) is 7.06. The van der Waals surface area contributed by atoms with Crippen molar-refractivity contribution in [3.05, 3.63) is 40.2 Å². The van der Waals surface area contributed by atoms with E-state index in [9.17, 15) is 9.59 Å². The molecule has 0 radical (unpaired) electrons. The van der Waals surface area contributed by atoms with E-state index < -0.39 is 5.92 Å². The minimum absolute atomic E-state index is 0.0381. The number of ketones is 1. The fourth-order valence-electron chi connectivity index (χ4n) is 5.53. The summed E-state index contributed by atoms with van der Waals surface area (Å²) in [5.74, 6) is 0.492. The molecular formula is C27H35NO6. The van der Waals surface area contributed by atoms with Gasteiger partial charge in [0.05, 0.1) is 26.9 Å². The number of allylic oxidation sites excluding steroid dienone is 3. The van der Waals surface area contributed by atoms with Crippen molar-refractivity contribution < 1.29 is 28.5 Å². The number of ether oxygens (including phenoxy) is 4. The van der Waals surface area contributed by atoms with Gasteiger partial charge in [-0.15, -0.1) is 0 Å². The number of carbonyl (C=O) groups excluding carboxylic acids is 2. The molecule has 184 valence electrons. The molecule has 1 aliphatic heterocycles. The van der Waals surface area contributed by atoms with Gasteiger partial charge in [0.25, 0.3) is 0 Å². The summed E-state index contributed by atoms with van der Waals surface area (Å²) < 4.78 is 22.6. The maximum atomic E-state index is 13.5. The van der Waals surface area contributed by atoms with Crippen LogP contribution in [0.1, 0.15) is 70.8 Å². The Kier molecular flexibility index (Phi) is 6.65. The van der Waals surface area contributed by atoms with Gasteiger partial charge < -0.3 is 24.3 Å². The molecule has 1 fully saturated rings. The van der Waals surface area contributed by atoms with Gasteiger partial charge in [-0.25, -0.2) is 4.79 Å². The zero-order valence-electron chi connectivity index (χ0n) is 21.0. The molecule has 34 heavy (non-hydrogen) atoms. The molecule has 2 aliphatic carbocycles. The van der Waals surface area contributed by atoms with Gasteiger partial charge in [-0.3, -0.25) is 4.79 Å². The normalized spacial score (nSPS) is 22.3. The second-order valence-corrected chi connectivity index (χ2v) is 10.2. The van der Waals surface area contributed by atoms with Gasteiger partial charge in [0.2, 0.25) is 5.75 Å². The van der Waals surface area contributed by atoms with Crippen molar-refractivity contribution in [2.45, 2.75) is 71.3 Å². The Hall–Kier alpha value is -2.96. The number of esters is 1. The number of methoxy groups -OCH3 is 3. The lowest BCUT2D eigenvalue weighted by atomic mass is 9.68. The molecule has 7 nitrogen and oxygen atoms in total. The van der Waals surface area contributed by atoms with Crippen LogP contribution in [-0.2, 0) is 14.3 Å². The fourth-order valence-corrected chi connectivity index (χ4v) is 5.53. The molecule has 3 aliphatic rings. The molecular weight excluding hydrogens is 434 g/mol. The lowest BCUT2D eigenvalue weighted by Crippen LogP contribution is -2.39. The van der Waals surface area contributed by atoms with E-state index in [4.69, 9.17) is 18.9 Å². The molecule has 0 bridgehead atoms. The molecule has 0 spiro atoms. The average molecular weight is 470 g/mol. The van der Waals surface area contributed by atoms with Crippen LogP contribution in [0, 0.1) is 5.41 Å². The van der Waals surface area contributed by atoms with E-state index in [2.05, 4.69) is 19.2 Å². The molecule has 1 aromatic carbocycles. The van der Waals surface area contributed by atoms with Gasteiger partial charge in [-0.05, 0) is 62.1 Å². The van der Waals surface area contributed by atoms with E-state index in [0.717, 1.165) is 43.4 Å². The topological polar surface area (TPSA) is 83.1 Å². The Morgan fingerprint density at radius 1 is 1.00 bits per heavy atom. The summed E-state index contributed by atoms with van der Waals surface area (Å²) in [6, 6.07) is 3.65. The quantitative estimate of drug-likeness (QED) is 0.599. The van der Waals surface area contributed by atoms with Gasteiger partial charge in [-0.1, -0.05) is 13.8 Å². The highest BCUT2D eigenvalue weighted by molar-refractivity contribution is 6.04. The van der Waals surface area contributed by atoms with Crippen LogP contribution in [0.15, 0.2) is 34.7 Å². The summed E-state index contributed by atoms with van der Waals surface area (Å²) in [7, 11) is 4.66. The van der Waals surface area contributed by atoms with Crippen LogP contribution in [0.25, 0.3) is 0 Å². The van der Waals surface area contributed by atoms with Crippen molar-refractivity contribution in [2.24, 2.45) is 5.41 Å². The van der Waals surface area contributed by atoms with Gasteiger partial charge in [0, 0.05) is 29.3 Å². The standard InChI is InChI=1S/C27H35NO6/c1-15-22(26(30)34-17-9-7-8-10-17)23(24-18(28-15)13-27(2,3)14-19(24)29)16-11-20(31-4)25(33-6)21(12-16)32-5/h11-12,17,23,28H,7-10,13-14H2,1-6H3/t23-/m1/s1. The largest absolute Gasteiger partial charge is 0.493 e. The van der Waals surface area contributed by atoms with Crippen molar-refractivity contribution >= 4 is 11.8 Å². The molecule has 1 saturated carbocycles. The van der Waals surface area contributed by atoms with Crippen LogP contribution < -0.4 is 19.5 Å². The predicted octanol–water partition coefficient (Wildman–Crippen LogP) is 4.80. The summed E-state index contributed by atoms with van der Waals surface area (Å²) in [6.07, 6.45) is 4.93. The second-order valence-electron chi connectivity index (χ2n) is 10.2. The van der Waals surface area contributed by atoms with E-state index in [1.807, 2.05) is 19.1 Å². The van der Waals surface area contributed by atoms with Crippen LogP contribution in [0.4, 0.5) is 0 Å². The lowest BCUT2D eigenvalue weighted by Gasteiger charge is -2.39. The molecule has 1 aromatic rings. The minimum Gasteiger partial charge on any atom is -0.493 e. The number of dihydropyridines is 1. The Balaban J connectivity index is 1.87. The van der Waals surface area contributed by atoms with Crippen LogP contribution in [0.5, 0.6) is 17.2 Å². The van der Waals surface area contributed by atoms with Crippen LogP contribution in [0.2, 0.25) is 0 Å². The zero-order valence-corrected chi connectivity index (χ0v) is 21.0. The van der Waals surface area contributed by atoms with Gasteiger partial charge >= 0.3 is 5.97 Å². The fraction of sp³-hybridized carbons (Fsp3) is 0.556. The molecule has 1 N–H and O–H groups in total. The lowest BCUT2D eigenvalue weighted by molar-refractivity contribution is -0.144. The third-order valence-electron chi connectivity index (χ3n) is 7.06. The van der Waals surface area contributed by atoms with E-state index in [0.29, 0.717) is 40.5 Å². The van der Waals surface area contributed by atoms with Crippen LogP contribution in [0.3, 0.4) is 0 Å². The first-order valence-electron chi connectivity index (χ1n) is 11.9. The summed E-state index contributed by atoms with van der Waals surface area (Å²) in [6.45, 7) is 6.06. The number of rotatable bonds is 6. The Labute approximate surface area is 201 Å². The molecule has 1 heterocycles. The first-order valence-corrected chi connectivity index (χ1v) is 11.9. The van der Waals surface area contributed by atoms with Crippen LogP contribution in [-0.4, -0.2) is 39.2 Å². The first kappa shape index (κ1) is 24.2. The summed E-state index contributed by atoms with van der Waals surface area (Å²) >= 11 is 0. The number of Topliss-reactive ketones (excluding diaryl/α,β-unsaturated/α-hetero) is 1. The first-order chi connectivity index (χ1) is 16.2. The number of hydrogen-bond acceptors (Lipinski definition) is 7. The highest BCUT2D eigenvalue weighted by atomic mass is 16.5. The van der Waals surface area contributed by atoms with Crippen molar-refractivity contribution in [1.29, 1.82) is 0 Å². The average Bonchev–Trinajstić information content (AvgIpc) is 3.28. The van der Waals surface area contributed by atoms with Gasteiger partial charge in [0.15, 0.2) is 17.3 Å². The van der Waals surface area contributed by atoms with Crippen molar-refractivity contribution in [3.8, 4) is 17.2 Å². The summed E-state index contributed by atoms with van der Waals surface area (Å²) in [4.78, 5) is 27.1. The minimum atomic E-state index is -0.581. The van der Waals surface area contributed by atoms with E-state index in [-0.39, 0.29) is 23.3 Å². The smallest absolute Gasteiger partial charge is 0.337 e. The second kappa shape index (κ2) is 9.35. The molecule has 1 atom stereocenters. The summed E-state index contributed by atoms with van der Waals surface area (Å²) in [5, 5.41) is 3.39. The number of hydrogen-bond donors (Lipinski definition) is 1. The monoisotopic (exact) mass is 469 g/mol. The highest BCUT2D eigenvalue weighted by Crippen LogP contribution is 2.49. The Morgan fingerprint density at radius 3 is 2.18 bits per heavy atom. The molecule has 0 saturated heterocycles. The van der Waals surface area contributed by atoms with Crippen molar-refractivity contribution in [3.63, 3.8) is 0 Å². The maximum Gasteiger partial charge on any atom is 0.337 e. The zero-order chi connectivity index (χ0) is 24.6. The predicted molar refractivity (Wildman–Crippen MR) is 128 cm³/mol. The van der Waals surface area contributed by atoms with Gasteiger partial charge in [-0.2, -0.15) is 0 Å².